The van der Waals surface area contributed by atoms with Crippen LogP contribution in [0.4, 0.5) is 0 Å². The minimum atomic E-state index is -1.21. The summed E-state index contributed by atoms with van der Waals surface area (Å²) in [4.78, 5) is 44.3. The first-order valence-electron chi connectivity index (χ1n) is 10.2. The molecule has 4 atom stereocenters. The van der Waals surface area contributed by atoms with Crippen LogP contribution in [0, 0.1) is 5.92 Å². The Morgan fingerprint density at radius 1 is 0.871 bits per heavy atom. The van der Waals surface area contributed by atoms with Crippen LogP contribution in [0.15, 0.2) is 9.98 Å². The molecule has 0 heterocycles. The van der Waals surface area contributed by atoms with Gasteiger partial charge in [-0.05, 0) is 31.6 Å². The molecule has 0 rings (SSSR count). The Labute approximate surface area is 182 Å². The van der Waals surface area contributed by atoms with Gasteiger partial charge in [-0.2, -0.15) is 0 Å². The maximum absolute atomic E-state index is 12.7. The van der Waals surface area contributed by atoms with Crippen LogP contribution < -0.4 is 39.3 Å². The number of aliphatic imine (C=N–C) groups is 2. The van der Waals surface area contributed by atoms with E-state index in [2.05, 4.69) is 20.6 Å². The van der Waals surface area contributed by atoms with Crippen molar-refractivity contribution >= 4 is 29.7 Å². The molecule has 0 aliphatic rings. The van der Waals surface area contributed by atoms with E-state index in [1.807, 2.05) is 13.8 Å². The Morgan fingerprint density at radius 3 is 1.74 bits per heavy atom. The fourth-order valence-corrected chi connectivity index (χ4v) is 2.59. The number of nitrogens with zero attached hydrogens (tertiary/aromatic N) is 2. The topological polar surface area (TPSA) is 250 Å². The van der Waals surface area contributed by atoms with Gasteiger partial charge >= 0.3 is 5.97 Å². The average Bonchev–Trinajstić information content (AvgIpc) is 2.70. The zero-order valence-electron chi connectivity index (χ0n) is 18.2. The molecule has 178 valence electrons. The van der Waals surface area contributed by atoms with E-state index in [0.717, 1.165) is 0 Å². The fourth-order valence-electron chi connectivity index (χ4n) is 2.59. The Hall–Kier alpha value is -3.09. The highest BCUT2D eigenvalue weighted by Crippen LogP contribution is 2.08. The molecule has 0 fully saturated rings. The van der Waals surface area contributed by atoms with E-state index in [1.54, 1.807) is 0 Å². The Balaban J connectivity index is 5.16. The number of carboxylic acid groups (broad SMARTS) is 1. The second kappa shape index (κ2) is 14.8. The smallest absolute Gasteiger partial charge is 0.326 e. The number of nitrogens with one attached hydrogen (secondary N) is 2. The second-order valence-electron chi connectivity index (χ2n) is 7.27. The molecule has 2 amide bonds. The van der Waals surface area contributed by atoms with Crippen LogP contribution in [0.2, 0.25) is 0 Å². The molecule has 0 aromatic heterocycles. The van der Waals surface area contributed by atoms with E-state index >= 15 is 0 Å². The minimum absolute atomic E-state index is 0.0875. The minimum Gasteiger partial charge on any atom is -0.480 e. The number of aliphatic carboxylic acids is 1. The first kappa shape index (κ1) is 27.9. The van der Waals surface area contributed by atoms with Crippen molar-refractivity contribution in [2.75, 3.05) is 13.1 Å². The zero-order valence-corrected chi connectivity index (χ0v) is 18.2. The standard InChI is InChI=1S/C18H37N9O4/c1-3-10(2)13(19)15(29)26-11(6-4-8-24-17(20)21)14(28)27-12(16(30)31)7-5-9-25-18(22)23/h10-13H,3-9,19H2,1-2H3,(H,26,29)(H,27,28)(H,30,31)(H4,20,21,24)(H4,22,23,25). The molecule has 0 aromatic carbocycles. The van der Waals surface area contributed by atoms with Crippen molar-refractivity contribution in [2.45, 2.75) is 64.1 Å². The molecule has 4 unspecified atom stereocenters. The van der Waals surface area contributed by atoms with Gasteiger partial charge in [0.2, 0.25) is 11.8 Å². The normalized spacial score (nSPS) is 14.4. The van der Waals surface area contributed by atoms with Gasteiger partial charge < -0.3 is 44.4 Å². The SMILES string of the molecule is CCC(C)C(N)C(=O)NC(CCCN=C(N)N)C(=O)NC(CCCN=C(N)N)C(=O)O. The molecule has 31 heavy (non-hydrogen) atoms. The summed E-state index contributed by atoms with van der Waals surface area (Å²) in [5.41, 5.74) is 27.0. The van der Waals surface area contributed by atoms with Gasteiger partial charge in [0.05, 0.1) is 6.04 Å². The molecule has 0 spiro atoms. The Bertz CT molecular complexity index is 646. The van der Waals surface area contributed by atoms with Crippen LogP contribution in [0.5, 0.6) is 0 Å². The number of carbonyl (C=O) groups excluding carboxylic acids is 2. The van der Waals surface area contributed by atoms with Crippen molar-refractivity contribution in [1.82, 2.24) is 10.6 Å². The number of hydrogen-bond donors (Lipinski definition) is 8. The number of carboxylic acids is 1. The van der Waals surface area contributed by atoms with E-state index in [4.69, 9.17) is 28.7 Å². The lowest BCUT2D eigenvalue weighted by atomic mass is 9.98. The maximum atomic E-state index is 12.7. The monoisotopic (exact) mass is 443 g/mol. The number of guanidine groups is 2. The molecular weight excluding hydrogens is 406 g/mol. The van der Waals surface area contributed by atoms with Gasteiger partial charge in [-0.15, -0.1) is 0 Å². The molecule has 0 saturated carbocycles. The van der Waals surface area contributed by atoms with Gasteiger partial charge in [0.25, 0.3) is 0 Å². The third-order valence-corrected chi connectivity index (χ3v) is 4.70. The van der Waals surface area contributed by atoms with E-state index in [1.165, 1.54) is 0 Å². The van der Waals surface area contributed by atoms with E-state index < -0.39 is 35.9 Å². The van der Waals surface area contributed by atoms with Gasteiger partial charge in [0, 0.05) is 13.1 Å². The lowest BCUT2D eigenvalue weighted by molar-refractivity contribution is -0.142. The predicted molar refractivity (Wildman–Crippen MR) is 119 cm³/mol. The molecule has 0 radical (unpaired) electrons. The van der Waals surface area contributed by atoms with Gasteiger partial charge in [-0.1, -0.05) is 20.3 Å². The molecule has 0 aromatic rings. The van der Waals surface area contributed by atoms with Crippen molar-refractivity contribution in [3.05, 3.63) is 0 Å². The average molecular weight is 444 g/mol. The van der Waals surface area contributed by atoms with Crippen molar-refractivity contribution < 1.29 is 19.5 Å². The molecule has 13 N–H and O–H groups in total. The lowest BCUT2D eigenvalue weighted by Crippen LogP contribution is -2.55. The summed E-state index contributed by atoms with van der Waals surface area (Å²) in [6.07, 6.45) is 1.72. The highest BCUT2D eigenvalue weighted by Gasteiger charge is 2.28. The van der Waals surface area contributed by atoms with Crippen molar-refractivity contribution in [2.24, 2.45) is 44.6 Å². The van der Waals surface area contributed by atoms with Gasteiger partial charge in [0.15, 0.2) is 11.9 Å². The van der Waals surface area contributed by atoms with Crippen LogP contribution in [-0.4, -0.2) is 66.0 Å². The summed E-state index contributed by atoms with van der Waals surface area (Å²) in [5, 5.41) is 14.5. The van der Waals surface area contributed by atoms with Crippen LogP contribution >= 0.6 is 0 Å². The largest absolute Gasteiger partial charge is 0.480 e. The summed E-state index contributed by atoms with van der Waals surface area (Å²) in [6.45, 7) is 4.21. The van der Waals surface area contributed by atoms with Crippen LogP contribution in [0.1, 0.15) is 46.0 Å². The third kappa shape index (κ3) is 12.3. The maximum Gasteiger partial charge on any atom is 0.326 e. The number of rotatable bonds is 15. The summed E-state index contributed by atoms with van der Waals surface area (Å²) in [6, 6.07) is -2.95. The van der Waals surface area contributed by atoms with Gasteiger partial charge in [-0.3, -0.25) is 19.6 Å². The summed E-state index contributed by atoms with van der Waals surface area (Å²) in [7, 11) is 0. The van der Waals surface area contributed by atoms with E-state index in [-0.39, 0.29) is 43.8 Å². The van der Waals surface area contributed by atoms with Gasteiger partial charge in [0.1, 0.15) is 12.1 Å². The first-order chi connectivity index (χ1) is 14.5. The lowest BCUT2D eigenvalue weighted by Gasteiger charge is -2.24. The molecular formula is C18H37N9O4. The van der Waals surface area contributed by atoms with Crippen LogP contribution in [0.3, 0.4) is 0 Å². The van der Waals surface area contributed by atoms with Crippen molar-refractivity contribution in [1.29, 1.82) is 0 Å². The highest BCUT2D eigenvalue weighted by atomic mass is 16.4. The number of amides is 2. The van der Waals surface area contributed by atoms with Crippen molar-refractivity contribution in [3.8, 4) is 0 Å². The Kier molecular flexibility index (Phi) is 13.3. The van der Waals surface area contributed by atoms with Crippen molar-refractivity contribution in [3.63, 3.8) is 0 Å². The number of nitrogens with two attached hydrogens (primary N) is 5. The zero-order chi connectivity index (χ0) is 24.0. The molecule has 0 saturated heterocycles. The molecule has 0 aliphatic carbocycles. The number of hydrogen-bond acceptors (Lipinski definition) is 6. The molecule has 13 nitrogen and oxygen atoms in total. The fraction of sp³-hybridized carbons (Fsp3) is 0.722. The Morgan fingerprint density at radius 2 is 1.32 bits per heavy atom. The molecule has 0 aliphatic heterocycles. The third-order valence-electron chi connectivity index (χ3n) is 4.70. The van der Waals surface area contributed by atoms with Gasteiger partial charge in [-0.25, -0.2) is 4.79 Å². The first-order valence-corrected chi connectivity index (χ1v) is 10.2. The quantitative estimate of drug-likeness (QED) is 0.0756. The molecule has 13 heteroatoms. The highest BCUT2D eigenvalue weighted by molar-refractivity contribution is 5.91. The van der Waals surface area contributed by atoms with E-state index in [0.29, 0.717) is 19.3 Å². The summed E-state index contributed by atoms with van der Waals surface area (Å²) in [5.74, 6) is -2.61. The van der Waals surface area contributed by atoms with Crippen LogP contribution in [-0.2, 0) is 14.4 Å². The summed E-state index contributed by atoms with van der Waals surface area (Å²) >= 11 is 0. The van der Waals surface area contributed by atoms with Crippen LogP contribution in [0.25, 0.3) is 0 Å². The number of carbonyl (C=O) groups is 3. The molecule has 0 bridgehead atoms. The predicted octanol–water partition coefficient (Wildman–Crippen LogP) is -2.48. The van der Waals surface area contributed by atoms with E-state index in [9.17, 15) is 19.5 Å². The summed E-state index contributed by atoms with van der Waals surface area (Å²) < 4.78 is 0. The second-order valence-corrected chi connectivity index (χ2v) is 7.27.